The van der Waals surface area contributed by atoms with Gasteiger partial charge in [0, 0.05) is 11.8 Å². The van der Waals surface area contributed by atoms with Gasteiger partial charge in [-0.25, -0.2) is 0 Å². The van der Waals surface area contributed by atoms with Gasteiger partial charge in [-0.05, 0) is 29.5 Å². The minimum Gasteiger partial charge on any atom is -0.471 e. The van der Waals surface area contributed by atoms with E-state index in [9.17, 15) is 0 Å². The number of pyridine rings is 1. The van der Waals surface area contributed by atoms with E-state index in [0.29, 0.717) is 5.75 Å². The van der Waals surface area contributed by atoms with Gasteiger partial charge in [0.25, 0.3) is 0 Å². The van der Waals surface area contributed by atoms with Crippen molar-refractivity contribution < 1.29 is 4.74 Å². The van der Waals surface area contributed by atoms with Gasteiger partial charge in [0.2, 0.25) is 0 Å². The van der Waals surface area contributed by atoms with Crippen LogP contribution < -0.4 is 16.2 Å². The molecule has 1 aromatic carbocycles. The monoisotopic (exact) mass is 295 g/mol. The molecule has 2 aliphatic rings. The maximum atomic E-state index is 6.70. The first-order valence-electron chi connectivity index (χ1n) is 7.93. The van der Waals surface area contributed by atoms with Crippen molar-refractivity contribution in [2.24, 2.45) is 17.4 Å². The molecular formula is C18H21N3O. The van der Waals surface area contributed by atoms with E-state index >= 15 is 0 Å². The molecule has 4 rings (SSSR count). The van der Waals surface area contributed by atoms with Crippen LogP contribution >= 0.6 is 0 Å². The van der Waals surface area contributed by atoms with Gasteiger partial charge in [-0.2, -0.15) is 0 Å². The van der Waals surface area contributed by atoms with E-state index in [1.165, 1.54) is 24.8 Å². The molecule has 114 valence electrons. The zero-order valence-corrected chi connectivity index (χ0v) is 12.5. The zero-order chi connectivity index (χ0) is 15.2. The molecule has 0 bridgehead atoms. The van der Waals surface area contributed by atoms with Crippen LogP contribution in [0, 0.1) is 5.92 Å². The summed E-state index contributed by atoms with van der Waals surface area (Å²) in [5.41, 5.74) is 15.4. The molecule has 0 spiro atoms. The summed E-state index contributed by atoms with van der Waals surface area (Å²) in [6.07, 6.45) is 8.01. The Kier molecular flexibility index (Phi) is 3.17. The molecule has 0 amide bonds. The highest BCUT2D eigenvalue weighted by molar-refractivity contribution is 5.50. The van der Waals surface area contributed by atoms with Crippen LogP contribution in [0.15, 0.2) is 42.7 Å². The van der Waals surface area contributed by atoms with Crippen molar-refractivity contribution in [2.75, 3.05) is 0 Å². The minimum atomic E-state index is -0.812. The van der Waals surface area contributed by atoms with E-state index in [4.69, 9.17) is 16.2 Å². The smallest absolute Gasteiger partial charge is 0.174 e. The summed E-state index contributed by atoms with van der Waals surface area (Å²) in [6, 6.07) is 10.4. The molecule has 22 heavy (non-hydrogen) atoms. The third-order valence-corrected chi connectivity index (χ3v) is 5.09. The lowest BCUT2D eigenvalue weighted by molar-refractivity contribution is 0.177. The SMILES string of the molecule is NC1Oc2cnccc2C1(N)c1cccc(CC2CCC2)c1. The van der Waals surface area contributed by atoms with Crippen molar-refractivity contribution in [1.29, 1.82) is 0 Å². The number of nitrogens with zero attached hydrogens (tertiary/aromatic N) is 1. The van der Waals surface area contributed by atoms with Gasteiger partial charge in [0.1, 0.15) is 11.3 Å². The quantitative estimate of drug-likeness (QED) is 0.911. The van der Waals surface area contributed by atoms with Crippen molar-refractivity contribution >= 4 is 0 Å². The Morgan fingerprint density at radius 3 is 2.91 bits per heavy atom. The third kappa shape index (κ3) is 2.02. The topological polar surface area (TPSA) is 74.2 Å². The average molecular weight is 295 g/mol. The second kappa shape index (κ2) is 5.07. The molecule has 1 aliphatic heterocycles. The van der Waals surface area contributed by atoms with Crippen molar-refractivity contribution in [1.82, 2.24) is 4.98 Å². The summed E-state index contributed by atoms with van der Waals surface area (Å²) in [5, 5.41) is 0. The normalized spacial score (nSPS) is 27.1. The molecule has 1 fully saturated rings. The molecule has 4 N–H and O–H groups in total. The predicted molar refractivity (Wildman–Crippen MR) is 85.3 cm³/mol. The first kappa shape index (κ1) is 13.7. The second-order valence-electron chi connectivity index (χ2n) is 6.48. The highest BCUT2D eigenvalue weighted by Crippen LogP contribution is 2.42. The van der Waals surface area contributed by atoms with E-state index in [1.807, 2.05) is 12.1 Å². The van der Waals surface area contributed by atoms with Crippen LogP contribution in [0.1, 0.15) is 36.0 Å². The van der Waals surface area contributed by atoms with Crippen LogP contribution in [0.25, 0.3) is 0 Å². The van der Waals surface area contributed by atoms with Gasteiger partial charge >= 0.3 is 0 Å². The van der Waals surface area contributed by atoms with Gasteiger partial charge in [-0.1, -0.05) is 43.5 Å². The standard InChI is InChI=1S/C18H21N3O/c19-17-18(20,15-7-8-21-11-16(15)22-17)14-6-2-5-13(10-14)9-12-3-1-4-12/h2,5-8,10-12,17H,1,3-4,9,19-20H2. The Balaban J connectivity index is 1.72. The van der Waals surface area contributed by atoms with E-state index in [0.717, 1.165) is 23.5 Å². The van der Waals surface area contributed by atoms with E-state index in [2.05, 4.69) is 23.2 Å². The number of hydrogen-bond acceptors (Lipinski definition) is 4. The fourth-order valence-electron chi connectivity index (χ4n) is 3.50. The van der Waals surface area contributed by atoms with Gasteiger partial charge in [-0.15, -0.1) is 0 Å². The molecule has 2 heterocycles. The first-order chi connectivity index (χ1) is 10.7. The van der Waals surface area contributed by atoms with Crippen LogP contribution in [0.3, 0.4) is 0 Å². The van der Waals surface area contributed by atoms with Crippen LogP contribution in [0.4, 0.5) is 0 Å². The highest BCUT2D eigenvalue weighted by Gasteiger charge is 2.45. The second-order valence-corrected chi connectivity index (χ2v) is 6.48. The predicted octanol–water partition coefficient (Wildman–Crippen LogP) is 2.30. The Morgan fingerprint density at radius 2 is 2.14 bits per heavy atom. The number of rotatable bonds is 3. The molecule has 1 aromatic heterocycles. The average Bonchev–Trinajstić information content (AvgIpc) is 2.76. The fourth-order valence-corrected chi connectivity index (χ4v) is 3.50. The van der Waals surface area contributed by atoms with Crippen LogP contribution in [0.5, 0.6) is 5.75 Å². The van der Waals surface area contributed by atoms with Gasteiger partial charge in [0.05, 0.1) is 6.20 Å². The van der Waals surface area contributed by atoms with Gasteiger partial charge in [-0.3, -0.25) is 10.7 Å². The molecule has 2 atom stereocenters. The Morgan fingerprint density at radius 1 is 1.27 bits per heavy atom. The van der Waals surface area contributed by atoms with Crippen LogP contribution in [-0.2, 0) is 12.0 Å². The van der Waals surface area contributed by atoms with E-state index < -0.39 is 11.8 Å². The molecule has 4 nitrogen and oxygen atoms in total. The Labute approximate surface area is 130 Å². The Bertz CT molecular complexity index is 698. The van der Waals surface area contributed by atoms with Crippen molar-refractivity contribution in [3.05, 3.63) is 59.4 Å². The number of nitrogens with two attached hydrogens (primary N) is 2. The number of ether oxygens (including phenoxy) is 1. The molecular weight excluding hydrogens is 274 g/mol. The summed E-state index contributed by atoms with van der Waals surface area (Å²) < 4.78 is 5.72. The molecule has 2 unspecified atom stereocenters. The zero-order valence-electron chi connectivity index (χ0n) is 12.5. The van der Waals surface area contributed by atoms with Gasteiger partial charge in [0.15, 0.2) is 6.23 Å². The summed E-state index contributed by atoms with van der Waals surface area (Å²) in [4.78, 5) is 4.09. The fraction of sp³-hybridized carbons (Fsp3) is 0.389. The largest absolute Gasteiger partial charge is 0.471 e. The maximum Gasteiger partial charge on any atom is 0.174 e. The minimum absolute atomic E-state index is 0.592. The highest BCUT2D eigenvalue weighted by atomic mass is 16.5. The van der Waals surface area contributed by atoms with E-state index in [1.54, 1.807) is 12.4 Å². The summed E-state index contributed by atoms with van der Waals surface area (Å²) in [5.74, 6) is 1.51. The summed E-state index contributed by atoms with van der Waals surface area (Å²) in [7, 11) is 0. The molecule has 0 radical (unpaired) electrons. The number of benzene rings is 1. The molecule has 4 heteroatoms. The van der Waals surface area contributed by atoms with Gasteiger partial charge < -0.3 is 10.5 Å². The lowest BCUT2D eigenvalue weighted by Gasteiger charge is -2.30. The summed E-state index contributed by atoms with van der Waals surface area (Å²) in [6.45, 7) is 0. The van der Waals surface area contributed by atoms with Crippen molar-refractivity contribution in [3.63, 3.8) is 0 Å². The van der Waals surface area contributed by atoms with Crippen molar-refractivity contribution in [2.45, 2.75) is 37.5 Å². The molecule has 1 saturated carbocycles. The number of hydrogen-bond donors (Lipinski definition) is 2. The maximum absolute atomic E-state index is 6.70. The first-order valence-corrected chi connectivity index (χ1v) is 7.93. The number of aromatic nitrogens is 1. The lowest BCUT2D eigenvalue weighted by atomic mass is 9.79. The van der Waals surface area contributed by atoms with E-state index in [-0.39, 0.29) is 0 Å². The lowest BCUT2D eigenvalue weighted by Crippen LogP contribution is -2.52. The number of fused-ring (bicyclic) bond motifs is 1. The summed E-state index contributed by atoms with van der Waals surface area (Å²) >= 11 is 0. The van der Waals surface area contributed by atoms with Crippen LogP contribution in [0.2, 0.25) is 0 Å². The molecule has 1 aliphatic carbocycles. The Hall–Kier alpha value is -1.91. The molecule has 0 saturated heterocycles. The third-order valence-electron chi connectivity index (χ3n) is 5.09. The molecule has 2 aromatic rings. The van der Waals surface area contributed by atoms with Crippen molar-refractivity contribution in [3.8, 4) is 5.75 Å². The van der Waals surface area contributed by atoms with Crippen LogP contribution in [-0.4, -0.2) is 11.2 Å².